The van der Waals surface area contributed by atoms with E-state index >= 15 is 0 Å². The van der Waals surface area contributed by atoms with Gasteiger partial charge in [0.25, 0.3) is 0 Å². The van der Waals surface area contributed by atoms with Crippen molar-refractivity contribution in [1.29, 1.82) is 0 Å². The first-order valence-electron chi connectivity index (χ1n) is 8.25. The molecule has 3 rings (SSSR count). The molecule has 136 valence electrons. The number of halogens is 1. The van der Waals surface area contributed by atoms with Gasteiger partial charge in [0.05, 0.1) is 6.20 Å². The average Bonchev–Trinajstić information content (AvgIpc) is 2.70. The molecule has 0 aliphatic heterocycles. The number of nitrogens with zero attached hydrogens (tertiary/aromatic N) is 2. The van der Waals surface area contributed by atoms with Gasteiger partial charge in [-0.15, -0.1) is 0 Å². The number of aromatic nitrogens is 2. The molecule has 0 saturated heterocycles. The first-order chi connectivity index (χ1) is 13.1. The van der Waals surface area contributed by atoms with E-state index in [4.69, 9.17) is 0 Å². The zero-order chi connectivity index (χ0) is 19.1. The van der Waals surface area contributed by atoms with E-state index < -0.39 is 5.82 Å². The molecule has 0 spiro atoms. The fourth-order valence-corrected chi connectivity index (χ4v) is 2.32. The molecule has 0 aliphatic rings. The third kappa shape index (κ3) is 5.12. The van der Waals surface area contributed by atoms with Crippen LogP contribution < -0.4 is 16.0 Å². The van der Waals surface area contributed by atoms with E-state index in [1.54, 1.807) is 18.2 Å². The Labute approximate surface area is 156 Å². The van der Waals surface area contributed by atoms with Crippen LogP contribution in [0.1, 0.15) is 5.56 Å². The SMILES string of the molecule is C=CC(=O)NCc1cccc(Nc2nc(Nc3ccccc3)ncc2F)c1. The van der Waals surface area contributed by atoms with Crippen LogP contribution in [0.15, 0.2) is 73.4 Å². The minimum absolute atomic E-state index is 0.0516. The predicted octanol–water partition coefficient (Wildman–Crippen LogP) is 3.91. The van der Waals surface area contributed by atoms with E-state index in [0.29, 0.717) is 12.2 Å². The largest absolute Gasteiger partial charge is 0.348 e. The lowest BCUT2D eigenvalue weighted by Crippen LogP contribution is -2.19. The third-order valence-corrected chi connectivity index (χ3v) is 3.62. The van der Waals surface area contributed by atoms with Crippen molar-refractivity contribution in [2.45, 2.75) is 6.54 Å². The summed E-state index contributed by atoms with van der Waals surface area (Å²) in [5.41, 5.74) is 2.30. The molecule has 0 aliphatic carbocycles. The second-order valence-electron chi connectivity index (χ2n) is 5.63. The summed E-state index contributed by atoms with van der Waals surface area (Å²) in [5, 5.41) is 8.66. The number of para-hydroxylation sites is 1. The molecule has 6 nitrogen and oxygen atoms in total. The predicted molar refractivity (Wildman–Crippen MR) is 103 cm³/mol. The van der Waals surface area contributed by atoms with Gasteiger partial charge in [-0.05, 0) is 35.9 Å². The molecule has 3 N–H and O–H groups in total. The van der Waals surface area contributed by atoms with Crippen LogP contribution >= 0.6 is 0 Å². The molecule has 0 radical (unpaired) electrons. The van der Waals surface area contributed by atoms with E-state index in [1.807, 2.05) is 36.4 Å². The number of carbonyl (C=O) groups is 1. The highest BCUT2D eigenvalue weighted by Gasteiger charge is 2.08. The van der Waals surface area contributed by atoms with Gasteiger partial charge in [-0.25, -0.2) is 9.37 Å². The maximum absolute atomic E-state index is 14.1. The van der Waals surface area contributed by atoms with Crippen LogP contribution in [0.5, 0.6) is 0 Å². The van der Waals surface area contributed by atoms with Crippen molar-refractivity contribution in [3.63, 3.8) is 0 Å². The topological polar surface area (TPSA) is 78.9 Å². The van der Waals surface area contributed by atoms with Gasteiger partial charge in [0.2, 0.25) is 11.9 Å². The molecular formula is C20H18FN5O. The fraction of sp³-hybridized carbons (Fsp3) is 0.0500. The number of hydrogen-bond donors (Lipinski definition) is 3. The Kier molecular flexibility index (Phi) is 5.73. The maximum atomic E-state index is 14.1. The number of benzene rings is 2. The number of nitrogens with one attached hydrogen (secondary N) is 3. The summed E-state index contributed by atoms with van der Waals surface area (Å²) < 4.78 is 14.1. The molecule has 0 fully saturated rings. The smallest absolute Gasteiger partial charge is 0.243 e. The maximum Gasteiger partial charge on any atom is 0.243 e. The fourth-order valence-electron chi connectivity index (χ4n) is 2.32. The summed E-state index contributed by atoms with van der Waals surface area (Å²) in [6, 6.07) is 16.6. The lowest BCUT2D eigenvalue weighted by atomic mass is 10.2. The quantitative estimate of drug-likeness (QED) is 0.555. The normalized spacial score (nSPS) is 10.1. The molecule has 1 amide bonds. The molecule has 0 unspecified atom stereocenters. The van der Waals surface area contributed by atoms with Gasteiger partial charge in [0.1, 0.15) is 0 Å². The molecule has 2 aromatic carbocycles. The Hall–Kier alpha value is -3.74. The Bertz CT molecular complexity index is 946. The molecule has 0 atom stereocenters. The monoisotopic (exact) mass is 363 g/mol. The van der Waals surface area contributed by atoms with E-state index in [-0.39, 0.29) is 17.7 Å². The number of rotatable bonds is 7. The van der Waals surface area contributed by atoms with Crippen molar-refractivity contribution in [2.24, 2.45) is 0 Å². The Morgan fingerprint density at radius 1 is 1.07 bits per heavy atom. The molecule has 0 saturated carbocycles. The van der Waals surface area contributed by atoms with Gasteiger partial charge in [0, 0.05) is 17.9 Å². The summed E-state index contributed by atoms with van der Waals surface area (Å²) in [6.45, 7) is 3.75. The number of hydrogen-bond acceptors (Lipinski definition) is 5. The summed E-state index contributed by atoms with van der Waals surface area (Å²) in [7, 11) is 0. The van der Waals surface area contributed by atoms with Crippen molar-refractivity contribution >= 4 is 29.0 Å². The molecule has 7 heteroatoms. The van der Waals surface area contributed by atoms with Crippen molar-refractivity contribution < 1.29 is 9.18 Å². The molecule has 0 bridgehead atoms. The highest BCUT2D eigenvalue weighted by molar-refractivity contribution is 5.86. The van der Waals surface area contributed by atoms with Crippen molar-refractivity contribution in [2.75, 3.05) is 10.6 Å². The molecule has 3 aromatic rings. The van der Waals surface area contributed by atoms with E-state index in [9.17, 15) is 9.18 Å². The Balaban J connectivity index is 1.74. The molecular weight excluding hydrogens is 345 g/mol. The van der Waals surface area contributed by atoms with Crippen LogP contribution in [0.4, 0.5) is 27.5 Å². The number of amides is 1. The number of carbonyl (C=O) groups excluding carboxylic acids is 1. The summed E-state index contributed by atoms with van der Waals surface area (Å²) in [4.78, 5) is 19.4. The first kappa shape index (κ1) is 18.1. The number of anilines is 4. The molecule has 1 aromatic heterocycles. The minimum Gasteiger partial charge on any atom is -0.348 e. The Morgan fingerprint density at radius 2 is 1.85 bits per heavy atom. The van der Waals surface area contributed by atoms with Crippen LogP contribution in [-0.2, 0) is 11.3 Å². The van der Waals surface area contributed by atoms with Crippen molar-refractivity contribution in [3.05, 3.63) is 84.8 Å². The summed E-state index contributed by atoms with van der Waals surface area (Å²) >= 11 is 0. The first-order valence-corrected chi connectivity index (χ1v) is 8.25. The second-order valence-corrected chi connectivity index (χ2v) is 5.63. The van der Waals surface area contributed by atoms with Crippen molar-refractivity contribution in [3.8, 4) is 0 Å². The van der Waals surface area contributed by atoms with Gasteiger partial charge < -0.3 is 16.0 Å². The second kappa shape index (κ2) is 8.57. The van der Waals surface area contributed by atoms with E-state index in [2.05, 4.69) is 32.5 Å². The van der Waals surface area contributed by atoms with Crippen LogP contribution in [0.3, 0.4) is 0 Å². The lowest BCUT2D eigenvalue weighted by molar-refractivity contribution is -0.116. The molecule has 27 heavy (non-hydrogen) atoms. The summed E-state index contributed by atoms with van der Waals surface area (Å²) in [6.07, 6.45) is 2.31. The van der Waals surface area contributed by atoms with Gasteiger partial charge in [-0.3, -0.25) is 4.79 Å². The Morgan fingerprint density at radius 3 is 2.63 bits per heavy atom. The standard InChI is InChI=1S/C20H18FN5O/c1-2-18(27)22-12-14-7-6-10-16(11-14)24-19-17(21)13-23-20(26-19)25-15-8-4-3-5-9-15/h2-11,13H,1,12H2,(H,22,27)(H2,23,24,25,26). The van der Waals surface area contributed by atoms with Crippen molar-refractivity contribution in [1.82, 2.24) is 15.3 Å². The van der Waals surface area contributed by atoms with Gasteiger partial charge in [0.15, 0.2) is 11.6 Å². The average molecular weight is 363 g/mol. The molecule has 1 heterocycles. The van der Waals surface area contributed by atoms with E-state index in [1.165, 1.54) is 6.08 Å². The highest BCUT2D eigenvalue weighted by atomic mass is 19.1. The highest BCUT2D eigenvalue weighted by Crippen LogP contribution is 2.21. The zero-order valence-corrected chi connectivity index (χ0v) is 14.4. The van der Waals surface area contributed by atoms with Crippen LogP contribution in [-0.4, -0.2) is 15.9 Å². The summed E-state index contributed by atoms with van der Waals surface area (Å²) in [5.74, 6) is -0.499. The lowest BCUT2D eigenvalue weighted by Gasteiger charge is -2.11. The van der Waals surface area contributed by atoms with Gasteiger partial charge in [-0.1, -0.05) is 36.9 Å². The van der Waals surface area contributed by atoms with Crippen LogP contribution in [0.2, 0.25) is 0 Å². The van der Waals surface area contributed by atoms with Gasteiger partial charge in [-0.2, -0.15) is 4.98 Å². The minimum atomic E-state index is -0.570. The van der Waals surface area contributed by atoms with E-state index in [0.717, 1.165) is 17.4 Å². The third-order valence-electron chi connectivity index (χ3n) is 3.62. The van der Waals surface area contributed by atoms with Gasteiger partial charge >= 0.3 is 0 Å². The van der Waals surface area contributed by atoms with Crippen LogP contribution in [0, 0.1) is 5.82 Å². The zero-order valence-electron chi connectivity index (χ0n) is 14.4. The van der Waals surface area contributed by atoms with Crippen LogP contribution in [0.25, 0.3) is 0 Å².